The van der Waals surface area contributed by atoms with Gasteiger partial charge < -0.3 is 0 Å². The summed E-state index contributed by atoms with van der Waals surface area (Å²) in [5.41, 5.74) is 2.43. The van der Waals surface area contributed by atoms with Crippen molar-refractivity contribution < 1.29 is 4.79 Å². The van der Waals surface area contributed by atoms with Gasteiger partial charge in [0.05, 0.1) is 5.69 Å². The molecular formula is C18H12Cl2N2OS. The zero-order valence-electron chi connectivity index (χ0n) is 12.4. The van der Waals surface area contributed by atoms with E-state index < -0.39 is 0 Å². The molecule has 0 fully saturated rings. The van der Waals surface area contributed by atoms with Gasteiger partial charge in [-0.25, -0.2) is 4.98 Å². The van der Waals surface area contributed by atoms with Gasteiger partial charge in [-0.05, 0) is 29.8 Å². The molecule has 3 rings (SSSR count). The van der Waals surface area contributed by atoms with E-state index >= 15 is 0 Å². The van der Waals surface area contributed by atoms with Crippen LogP contribution in [0.3, 0.4) is 0 Å². The lowest BCUT2D eigenvalue weighted by molar-refractivity contribution is -0.111. The first-order valence-electron chi connectivity index (χ1n) is 7.07. The van der Waals surface area contributed by atoms with E-state index in [-0.39, 0.29) is 5.91 Å². The topological polar surface area (TPSA) is 42.0 Å². The fourth-order valence-corrected chi connectivity index (χ4v) is 3.20. The number of hydrogen-bond donors (Lipinski definition) is 1. The molecule has 1 N–H and O–H groups in total. The fourth-order valence-electron chi connectivity index (χ4n) is 2.05. The van der Waals surface area contributed by atoms with Crippen LogP contribution in [0.2, 0.25) is 10.0 Å². The molecule has 0 aliphatic carbocycles. The molecule has 24 heavy (non-hydrogen) atoms. The van der Waals surface area contributed by atoms with Crippen molar-refractivity contribution in [1.82, 2.24) is 4.98 Å². The molecule has 1 amide bonds. The minimum Gasteiger partial charge on any atom is -0.298 e. The predicted octanol–water partition coefficient (Wildman–Crippen LogP) is 5.77. The Labute approximate surface area is 153 Å². The number of halogens is 2. The van der Waals surface area contributed by atoms with Gasteiger partial charge in [-0.3, -0.25) is 10.1 Å². The third kappa shape index (κ3) is 4.23. The Hall–Kier alpha value is -2.14. The number of carbonyl (C=O) groups excluding carboxylic acids is 1. The molecule has 0 aliphatic heterocycles. The summed E-state index contributed by atoms with van der Waals surface area (Å²) >= 11 is 13.4. The van der Waals surface area contributed by atoms with E-state index in [1.165, 1.54) is 17.4 Å². The molecular weight excluding hydrogens is 363 g/mol. The molecule has 1 aromatic heterocycles. The van der Waals surface area contributed by atoms with E-state index in [0.29, 0.717) is 15.2 Å². The molecule has 0 saturated carbocycles. The number of nitrogens with zero attached hydrogens (tertiary/aromatic N) is 1. The maximum Gasteiger partial charge on any atom is 0.250 e. The summed E-state index contributed by atoms with van der Waals surface area (Å²) in [7, 11) is 0. The second kappa shape index (κ2) is 7.62. The fraction of sp³-hybridized carbons (Fsp3) is 0. The average molecular weight is 375 g/mol. The van der Waals surface area contributed by atoms with Crippen LogP contribution >= 0.6 is 34.5 Å². The minimum absolute atomic E-state index is 0.255. The molecule has 0 spiro atoms. The van der Waals surface area contributed by atoms with Crippen LogP contribution in [0.25, 0.3) is 17.3 Å². The summed E-state index contributed by atoms with van der Waals surface area (Å²) < 4.78 is 0. The quantitative estimate of drug-likeness (QED) is 0.589. The van der Waals surface area contributed by atoms with Crippen LogP contribution in [0, 0.1) is 0 Å². The van der Waals surface area contributed by atoms with Crippen LogP contribution in [-0.4, -0.2) is 10.9 Å². The van der Waals surface area contributed by atoms with Crippen molar-refractivity contribution in [2.45, 2.75) is 0 Å². The van der Waals surface area contributed by atoms with Crippen LogP contribution < -0.4 is 5.32 Å². The largest absolute Gasteiger partial charge is 0.298 e. The lowest BCUT2D eigenvalue weighted by Gasteiger charge is -1.99. The number of rotatable bonds is 4. The average Bonchev–Trinajstić information content (AvgIpc) is 3.02. The van der Waals surface area contributed by atoms with Gasteiger partial charge in [-0.15, -0.1) is 11.3 Å². The Balaban J connectivity index is 1.68. The lowest BCUT2D eigenvalue weighted by atomic mass is 10.2. The monoisotopic (exact) mass is 374 g/mol. The molecule has 6 heteroatoms. The van der Waals surface area contributed by atoms with E-state index in [0.717, 1.165) is 16.8 Å². The molecule has 120 valence electrons. The van der Waals surface area contributed by atoms with Crippen molar-refractivity contribution >= 4 is 51.7 Å². The zero-order valence-corrected chi connectivity index (χ0v) is 14.7. The number of nitrogens with one attached hydrogen (secondary N) is 1. The number of amides is 1. The van der Waals surface area contributed by atoms with Gasteiger partial charge in [0.15, 0.2) is 5.13 Å². The Bertz CT molecular complexity index is 905. The zero-order chi connectivity index (χ0) is 16.9. The van der Waals surface area contributed by atoms with Crippen LogP contribution in [0.1, 0.15) is 5.56 Å². The molecule has 0 aliphatic rings. The summed E-state index contributed by atoms with van der Waals surface area (Å²) in [5.74, 6) is -0.255. The highest BCUT2D eigenvalue weighted by Crippen LogP contribution is 2.30. The Morgan fingerprint density at radius 1 is 1.12 bits per heavy atom. The van der Waals surface area contributed by atoms with Gasteiger partial charge in [-0.2, -0.15) is 0 Å². The number of carbonyl (C=O) groups is 1. The van der Waals surface area contributed by atoms with Crippen molar-refractivity contribution in [2.24, 2.45) is 0 Å². The second-order valence-electron chi connectivity index (χ2n) is 4.90. The number of thiazole rings is 1. The van der Waals surface area contributed by atoms with Crippen LogP contribution in [0.5, 0.6) is 0 Å². The van der Waals surface area contributed by atoms with Crippen molar-refractivity contribution in [2.75, 3.05) is 5.32 Å². The minimum atomic E-state index is -0.255. The first kappa shape index (κ1) is 16.7. The molecule has 0 radical (unpaired) electrons. The molecule has 0 bridgehead atoms. The molecule has 2 aromatic carbocycles. The summed E-state index contributed by atoms with van der Waals surface area (Å²) in [5, 5.41) is 6.37. The maximum atomic E-state index is 12.0. The standard InChI is InChI=1S/C18H12Cl2N2OS/c19-13-5-3-4-12(10-13)8-9-17(23)22-18-21-16(11-24-18)14-6-1-2-7-15(14)20/h1-11H,(H,21,22,23). The van der Waals surface area contributed by atoms with E-state index in [4.69, 9.17) is 23.2 Å². The molecule has 0 saturated heterocycles. The number of hydrogen-bond acceptors (Lipinski definition) is 3. The van der Waals surface area contributed by atoms with Gasteiger partial charge in [0, 0.05) is 27.1 Å². The smallest absolute Gasteiger partial charge is 0.250 e. The van der Waals surface area contributed by atoms with Crippen LogP contribution in [0.15, 0.2) is 60.0 Å². The summed E-state index contributed by atoms with van der Waals surface area (Å²) in [6.07, 6.45) is 3.14. The van der Waals surface area contributed by atoms with Crippen molar-refractivity contribution in [3.05, 3.63) is 75.6 Å². The van der Waals surface area contributed by atoms with Crippen LogP contribution in [-0.2, 0) is 4.79 Å². The number of aromatic nitrogens is 1. The Morgan fingerprint density at radius 2 is 1.96 bits per heavy atom. The highest BCUT2D eigenvalue weighted by molar-refractivity contribution is 7.14. The van der Waals surface area contributed by atoms with E-state index in [9.17, 15) is 4.79 Å². The molecule has 0 atom stereocenters. The molecule has 3 aromatic rings. The SMILES string of the molecule is O=C(C=Cc1cccc(Cl)c1)Nc1nc(-c2ccccc2Cl)cs1. The second-order valence-corrected chi connectivity index (χ2v) is 6.60. The first-order valence-corrected chi connectivity index (χ1v) is 8.70. The highest BCUT2D eigenvalue weighted by Gasteiger charge is 2.08. The third-order valence-corrected chi connectivity index (χ3v) is 4.48. The van der Waals surface area contributed by atoms with Crippen molar-refractivity contribution in [3.8, 4) is 11.3 Å². The van der Waals surface area contributed by atoms with Crippen molar-refractivity contribution in [1.29, 1.82) is 0 Å². The predicted molar refractivity (Wildman–Crippen MR) is 102 cm³/mol. The third-order valence-electron chi connectivity index (χ3n) is 3.16. The van der Waals surface area contributed by atoms with Gasteiger partial charge in [-0.1, -0.05) is 53.5 Å². The van der Waals surface area contributed by atoms with E-state index in [1.54, 1.807) is 18.2 Å². The molecule has 1 heterocycles. The number of benzene rings is 2. The van der Waals surface area contributed by atoms with Gasteiger partial charge in [0.1, 0.15) is 0 Å². The Kier molecular flexibility index (Phi) is 5.30. The summed E-state index contributed by atoms with van der Waals surface area (Å²) in [4.78, 5) is 16.4. The Morgan fingerprint density at radius 3 is 2.75 bits per heavy atom. The first-order chi connectivity index (χ1) is 11.6. The van der Waals surface area contributed by atoms with Crippen LogP contribution in [0.4, 0.5) is 5.13 Å². The summed E-state index contributed by atoms with van der Waals surface area (Å²) in [6, 6.07) is 14.7. The van der Waals surface area contributed by atoms with E-state index in [2.05, 4.69) is 10.3 Å². The lowest BCUT2D eigenvalue weighted by Crippen LogP contribution is -2.07. The highest BCUT2D eigenvalue weighted by atomic mass is 35.5. The van der Waals surface area contributed by atoms with Crippen molar-refractivity contribution in [3.63, 3.8) is 0 Å². The van der Waals surface area contributed by atoms with E-state index in [1.807, 2.05) is 41.8 Å². The molecule has 0 unspecified atom stereocenters. The van der Waals surface area contributed by atoms with Gasteiger partial charge >= 0.3 is 0 Å². The van der Waals surface area contributed by atoms with Gasteiger partial charge in [0.2, 0.25) is 5.91 Å². The van der Waals surface area contributed by atoms with Gasteiger partial charge in [0.25, 0.3) is 0 Å². The normalized spacial score (nSPS) is 10.9. The molecule has 3 nitrogen and oxygen atoms in total. The maximum absolute atomic E-state index is 12.0. The number of anilines is 1. The summed E-state index contributed by atoms with van der Waals surface area (Å²) in [6.45, 7) is 0.